The van der Waals surface area contributed by atoms with Crippen molar-refractivity contribution in [1.82, 2.24) is 15.1 Å². The third-order valence-corrected chi connectivity index (χ3v) is 8.58. The molecule has 1 atom stereocenters. The molecule has 1 heterocycles. The van der Waals surface area contributed by atoms with E-state index < -0.39 is 24.0 Å². The molecule has 49 heavy (non-hydrogen) atoms. The summed E-state index contributed by atoms with van der Waals surface area (Å²) in [6.07, 6.45) is -0.883. The van der Waals surface area contributed by atoms with Crippen molar-refractivity contribution >= 4 is 41.2 Å². The third-order valence-electron chi connectivity index (χ3n) is 8.35. The molecule has 1 unspecified atom stereocenters. The Morgan fingerprint density at radius 2 is 1.39 bits per heavy atom. The molecule has 1 fully saturated rings. The molecule has 1 aliphatic heterocycles. The van der Waals surface area contributed by atoms with Crippen LogP contribution in [0, 0.1) is 0 Å². The van der Waals surface area contributed by atoms with Crippen molar-refractivity contribution in [3.05, 3.63) is 136 Å². The van der Waals surface area contributed by atoms with Gasteiger partial charge in [0.2, 0.25) is 11.8 Å². The van der Waals surface area contributed by atoms with Crippen LogP contribution in [0.2, 0.25) is 5.02 Å². The van der Waals surface area contributed by atoms with Crippen LogP contribution >= 0.6 is 11.6 Å². The summed E-state index contributed by atoms with van der Waals surface area (Å²) in [5, 5.41) is 5.71. The molecule has 11 heteroatoms. The summed E-state index contributed by atoms with van der Waals surface area (Å²) < 4.78 is 10.2. The number of piperazine rings is 1. The lowest BCUT2D eigenvalue weighted by Gasteiger charge is -2.40. The first kappa shape index (κ1) is 35.1. The number of alkyl carbamates (subject to hydrolysis) is 1. The highest BCUT2D eigenvalue weighted by molar-refractivity contribution is 6.31. The van der Waals surface area contributed by atoms with Gasteiger partial charge in [-0.05, 0) is 41.3 Å². The molecule has 3 amide bonds. The highest BCUT2D eigenvalue weighted by Crippen LogP contribution is 2.30. The number of halogens is 1. The van der Waals surface area contributed by atoms with Gasteiger partial charge in [-0.2, -0.15) is 0 Å². The zero-order chi connectivity index (χ0) is 34.6. The van der Waals surface area contributed by atoms with E-state index in [1.165, 1.54) is 19.2 Å². The number of hydrogen-bond donors (Lipinski definition) is 2. The molecule has 2 N–H and O–H groups in total. The van der Waals surface area contributed by atoms with Crippen molar-refractivity contribution in [1.29, 1.82) is 0 Å². The molecule has 0 aliphatic carbocycles. The number of anilines is 1. The van der Waals surface area contributed by atoms with Gasteiger partial charge in [-0.1, -0.05) is 103 Å². The lowest BCUT2D eigenvalue weighted by Crippen LogP contribution is -2.55. The van der Waals surface area contributed by atoms with E-state index in [-0.39, 0.29) is 42.6 Å². The topological polar surface area (TPSA) is 117 Å². The molecular formula is C38H39ClN4O6. The summed E-state index contributed by atoms with van der Waals surface area (Å²) in [6, 6.07) is 33.2. The van der Waals surface area contributed by atoms with Crippen LogP contribution in [0.15, 0.2) is 109 Å². The molecule has 0 radical (unpaired) electrons. The monoisotopic (exact) mass is 682 g/mol. The smallest absolute Gasteiger partial charge is 0.408 e. The number of hydrogen-bond acceptors (Lipinski definition) is 7. The predicted molar refractivity (Wildman–Crippen MR) is 187 cm³/mol. The van der Waals surface area contributed by atoms with Crippen molar-refractivity contribution in [2.75, 3.05) is 38.6 Å². The number of amides is 3. The van der Waals surface area contributed by atoms with E-state index in [1.807, 2.05) is 66.7 Å². The molecule has 5 rings (SSSR count). The molecule has 4 aromatic carbocycles. The SMILES string of the molecule is COC(=O)c1cc(Cl)ccc1NC(=O)CCC(NC(=O)OCc1ccccc1)C(=O)N1CCN(C(c2ccccc2)c2ccccc2)CC1. The minimum absolute atomic E-state index is 0.00310. The second-order valence-corrected chi connectivity index (χ2v) is 12.0. The van der Waals surface area contributed by atoms with Crippen molar-refractivity contribution < 1.29 is 28.7 Å². The average Bonchev–Trinajstić information content (AvgIpc) is 3.14. The molecule has 4 aromatic rings. The summed E-state index contributed by atoms with van der Waals surface area (Å²) in [5.41, 5.74) is 3.45. The quantitative estimate of drug-likeness (QED) is 0.174. The van der Waals surface area contributed by atoms with Crippen LogP contribution in [0.4, 0.5) is 10.5 Å². The first-order valence-corrected chi connectivity index (χ1v) is 16.5. The van der Waals surface area contributed by atoms with Gasteiger partial charge in [-0.25, -0.2) is 9.59 Å². The number of benzene rings is 4. The Balaban J connectivity index is 1.26. The highest BCUT2D eigenvalue weighted by atomic mass is 35.5. The van der Waals surface area contributed by atoms with Gasteiger partial charge < -0.3 is 25.0 Å². The van der Waals surface area contributed by atoms with Crippen molar-refractivity contribution in [2.24, 2.45) is 0 Å². The van der Waals surface area contributed by atoms with E-state index in [0.29, 0.717) is 31.2 Å². The van der Waals surface area contributed by atoms with Crippen LogP contribution < -0.4 is 10.6 Å². The van der Waals surface area contributed by atoms with Crippen molar-refractivity contribution in [3.63, 3.8) is 0 Å². The zero-order valence-corrected chi connectivity index (χ0v) is 28.0. The van der Waals surface area contributed by atoms with E-state index in [0.717, 1.165) is 16.7 Å². The lowest BCUT2D eigenvalue weighted by molar-refractivity contribution is -0.135. The first-order valence-electron chi connectivity index (χ1n) is 16.1. The third kappa shape index (κ3) is 9.68. The Labute approximate surface area is 291 Å². The number of nitrogens with one attached hydrogen (secondary N) is 2. The predicted octanol–water partition coefficient (Wildman–Crippen LogP) is 6.07. The molecule has 10 nitrogen and oxygen atoms in total. The second-order valence-electron chi connectivity index (χ2n) is 11.6. The number of carbonyl (C=O) groups is 4. The van der Waals surface area contributed by atoms with Gasteiger partial charge in [0, 0.05) is 37.6 Å². The summed E-state index contributed by atoms with van der Waals surface area (Å²) in [7, 11) is 1.23. The van der Waals surface area contributed by atoms with Gasteiger partial charge in [0.1, 0.15) is 12.6 Å². The molecular weight excluding hydrogens is 644 g/mol. The van der Waals surface area contributed by atoms with Crippen molar-refractivity contribution in [3.8, 4) is 0 Å². The summed E-state index contributed by atoms with van der Waals surface area (Å²) >= 11 is 6.05. The van der Waals surface area contributed by atoms with Gasteiger partial charge in [0.25, 0.3) is 0 Å². The molecule has 1 saturated heterocycles. The van der Waals surface area contributed by atoms with Crippen LogP contribution in [0.1, 0.15) is 45.9 Å². The summed E-state index contributed by atoms with van der Waals surface area (Å²) in [5.74, 6) is -1.42. The van der Waals surface area contributed by atoms with Crippen LogP contribution in [0.5, 0.6) is 0 Å². The highest BCUT2D eigenvalue weighted by Gasteiger charge is 2.32. The number of rotatable bonds is 12. The fourth-order valence-corrected chi connectivity index (χ4v) is 6.03. The van der Waals surface area contributed by atoms with E-state index in [9.17, 15) is 19.2 Å². The van der Waals surface area contributed by atoms with Crippen LogP contribution in [0.25, 0.3) is 0 Å². The number of carbonyl (C=O) groups excluding carboxylic acids is 4. The molecule has 0 spiro atoms. The molecule has 1 aliphatic rings. The fraction of sp³-hybridized carbons (Fsp3) is 0.263. The van der Waals surface area contributed by atoms with Crippen LogP contribution in [-0.2, 0) is 25.7 Å². The van der Waals surface area contributed by atoms with E-state index in [4.69, 9.17) is 21.1 Å². The van der Waals surface area contributed by atoms with Gasteiger partial charge >= 0.3 is 12.1 Å². The molecule has 0 aromatic heterocycles. The normalized spacial score (nSPS) is 13.7. The Hall–Kier alpha value is -5.19. The van der Waals surface area contributed by atoms with Gasteiger partial charge in [0.15, 0.2) is 0 Å². The van der Waals surface area contributed by atoms with E-state index in [2.05, 4.69) is 39.8 Å². The Morgan fingerprint density at radius 1 is 0.796 bits per heavy atom. The Bertz CT molecular complexity index is 1680. The van der Waals surface area contributed by atoms with Crippen LogP contribution in [-0.4, -0.2) is 73.0 Å². The lowest BCUT2D eigenvalue weighted by atomic mass is 9.96. The molecule has 254 valence electrons. The Kier molecular flexibility index (Phi) is 12.4. The molecule has 0 saturated carbocycles. The van der Waals surface area contributed by atoms with Gasteiger partial charge in [0.05, 0.1) is 24.4 Å². The minimum Gasteiger partial charge on any atom is -0.465 e. The number of nitrogens with zero attached hydrogens (tertiary/aromatic N) is 2. The first-order chi connectivity index (χ1) is 23.8. The number of esters is 1. The minimum atomic E-state index is -1.02. The second kappa shape index (κ2) is 17.3. The van der Waals surface area contributed by atoms with Gasteiger partial charge in [-0.15, -0.1) is 0 Å². The number of methoxy groups -OCH3 is 1. The fourth-order valence-electron chi connectivity index (χ4n) is 5.86. The maximum absolute atomic E-state index is 13.9. The van der Waals surface area contributed by atoms with Crippen LogP contribution in [0.3, 0.4) is 0 Å². The summed E-state index contributed by atoms with van der Waals surface area (Å²) in [6.45, 7) is 2.12. The van der Waals surface area contributed by atoms with Gasteiger partial charge in [-0.3, -0.25) is 14.5 Å². The standard InChI is InChI=1S/C38H39ClN4O6/c1-48-37(46)31-25-30(39)17-18-32(31)40-34(44)20-19-33(41-38(47)49-26-27-11-5-2-6-12-27)36(45)43-23-21-42(22-24-43)35(28-13-7-3-8-14-28)29-15-9-4-10-16-29/h2-18,25,33,35H,19-24,26H2,1H3,(H,40,44)(H,41,47). The largest absolute Gasteiger partial charge is 0.465 e. The zero-order valence-electron chi connectivity index (χ0n) is 27.2. The summed E-state index contributed by atoms with van der Waals surface area (Å²) in [4.78, 5) is 56.3. The Morgan fingerprint density at radius 3 is 1.98 bits per heavy atom. The average molecular weight is 683 g/mol. The van der Waals surface area contributed by atoms with Crippen molar-refractivity contribution in [2.45, 2.75) is 31.5 Å². The maximum atomic E-state index is 13.9. The van der Waals surface area contributed by atoms with E-state index >= 15 is 0 Å². The van der Waals surface area contributed by atoms with E-state index in [1.54, 1.807) is 11.0 Å². The maximum Gasteiger partial charge on any atom is 0.408 e. The number of ether oxygens (including phenoxy) is 2. The molecule has 0 bridgehead atoms.